The van der Waals surface area contributed by atoms with Gasteiger partial charge in [0.1, 0.15) is 17.7 Å². The first-order valence-corrected chi connectivity index (χ1v) is 13.4. The zero-order chi connectivity index (χ0) is 27.2. The Hall–Kier alpha value is -3.85. The lowest BCUT2D eigenvalue weighted by molar-refractivity contribution is -0.479. The molecule has 0 aliphatic carbocycles. The van der Waals surface area contributed by atoms with Crippen molar-refractivity contribution < 1.29 is 14.4 Å². The van der Waals surface area contributed by atoms with Crippen molar-refractivity contribution >= 4 is 11.8 Å². The second-order valence-electron chi connectivity index (χ2n) is 9.17. The van der Waals surface area contributed by atoms with Crippen LogP contribution in [0.1, 0.15) is 45.8 Å². The van der Waals surface area contributed by atoms with E-state index in [1.165, 1.54) is 22.9 Å². The third-order valence-electron chi connectivity index (χ3n) is 6.26. The smallest absolute Gasteiger partial charge is 0.220 e. The molecule has 9 heteroatoms. The summed E-state index contributed by atoms with van der Waals surface area (Å²) in [4.78, 5) is 11.4. The topological polar surface area (TPSA) is 92.3 Å². The van der Waals surface area contributed by atoms with Crippen molar-refractivity contribution in [3.8, 4) is 17.2 Å². The highest BCUT2D eigenvalue weighted by atomic mass is 32.2. The molecule has 0 spiro atoms. The van der Waals surface area contributed by atoms with Crippen molar-refractivity contribution in [1.29, 1.82) is 0 Å². The summed E-state index contributed by atoms with van der Waals surface area (Å²) in [6, 6.07) is 19.8. The van der Waals surface area contributed by atoms with Gasteiger partial charge >= 0.3 is 0 Å². The minimum atomic E-state index is -0.510. The van der Waals surface area contributed by atoms with E-state index in [1.54, 1.807) is 0 Å². The Morgan fingerprint density at radius 2 is 1.68 bits per heavy atom. The number of nitrogens with zero attached hydrogens (tertiary/aromatic N) is 4. The normalized spacial score (nSPS) is 11.8. The molecule has 0 aliphatic rings. The van der Waals surface area contributed by atoms with E-state index in [0.717, 1.165) is 22.4 Å². The van der Waals surface area contributed by atoms with Gasteiger partial charge in [0.15, 0.2) is 16.7 Å². The van der Waals surface area contributed by atoms with Crippen LogP contribution in [-0.2, 0) is 6.61 Å². The van der Waals surface area contributed by atoms with E-state index >= 15 is 0 Å². The quantitative estimate of drug-likeness (QED) is 0.122. The van der Waals surface area contributed by atoms with Gasteiger partial charge in [0.2, 0.25) is 6.54 Å². The van der Waals surface area contributed by atoms with Gasteiger partial charge in [-0.15, -0.1) is 10.2 Å². The molecule has 0 bridgehead atoms. The molecule has 3 aromatic carbocycles. The second-order valence-corrected chi connectivity index (χ2v) is 10.3. The molecular weight excluding hydrogens is 500 g/mol. The van der Waals surface area contributed by atoms with Gasteiger partial charge in [0.25, 0.3) is 0 Å². The Morgan fingerprint density at radius 3 is 2.37 bits per heavy atom. The van der Waals surface area contributed by atoms with E-state index in [9.17, 15) is 10.1 Å². The van der Waals surface area contributed by atoms with Crippen molar-refractivity contribution in [1.82, 2.24) is 14.8 Å². The van der Waals surface area contributed by atoms with Crippen molar-refractivity contribution in [2.24, 2.45) is 0 Å². The molecule has 0 saturated heterocycles. The molecule has 0 fully saturated rings. The average molecular weight is 533 g/mol. The molecule has 1 atom stereocenters. The first kappa shape index (κ1) is 27.2. The molecule has 38 heavy (non-hydrogen) atoms. The van der Waals surface area contributed by atoms with Crippen LogP contribution < -0.4 is 9.47 Å². The molecule has 8 nitrogen and oxygen atoms in total. The molecule has 4 aromatic rings. The maximum absolute atomic E-state index is 11.7. The van der Waals surface area contributed by atoms with Gasteiger partial charge < -0.3 is 9.47 Å². The lowest BCUT2D eigenvalue weighted by atomic mass is 10.1. The zero-order valence-corrected chi connectivity index (χ0v) is 23.1. The maximum atomic E-state index is 11.7. The molecular formula is C29H32N4O4S. The van der Waals surface area contributed by atoms with Gasteiger partial charge in [-0.25, -0.2) is 0 Å². The Labute approximate surface area is 227 Å². The molecule has 0 saturated carbocycles. The zero-order valence-electron chi connectivity index (χ0n) is 22.3. The van der Waals surface area contributed by atoms with Crippen LogP contribution >= 0.6 is 11.8 Å². The van der Waals surface area contributed by atoms with E-state index in [-0.39, 0.29) is 11.5 Å². The Morgan fingerprint density at radius 1 is 0.921 bits per heavy atom. The number of nitro groups is 1. The minimum absolute atomic E-state index is 0.279. The summed E-state index contributed by atoms with van der Waals surface area (Å²) >= 11 is 1.32. The monoisotopic (exact) mass is 532 g/mol. The highest BCUT2D eigenvalue weighted by Crippen LogP contribution is 2.40. The molecule has 0 aliphatic heterocycles. The molecule has 0 amide bonds. The van der Waals surface area contributed by atoms with Crippen LogP contribution in [0.3, 0.4) is 0 Å². The third-order valence-corrected chi connectivity index (χ3v) is 7.44. The fourth-order valence-electron chi connectivity index (χ4n) is 4.01. The van der Waals surface area contributed by atoms with Gasteiger partial charge in [-0.3, -0.25) is 14.7 Å². The molecule has 0 radical (unpaired) electrons. The number of hydrogen-bond acceptors (Lipinski definition) is 7. The number of ether oxygens (including phenoxy) is 2. The number of aromatic nitrogens is 3. The summed E-state index contributed by atoms with van der Waals surface area (Å²) in [5.41, 5.74) is 6.25. The van der Waals surface area contributed by atoms with Crippen molar-refractivity contribution in [2.45, 2.75) is 51.6 Å². The van der Waals surface area contributed by atoms with E-state index in [1.807, 2.05) is 73.9 Å². The van der Waals surface area contributed by atoms with E-state index in [0.29, 0.717) is 35.7 Å². The first-order valence-electron chi connectivity index (χ1n) is 12.5. The Bertz CT molecular complexity index is 1420. The average Bonchev–Trinajstić information content (AvgIpc) is 3.25. The highest BCUT2D eigenvalue weighted by Gasteiger charge is 2.25. The molecule has 198 valence electrons. The number of aryl methyl sites for hydroxylation is 4. The molecule has 0 unspecified atom stereocenters. The van der Waals surface area contributed by atoms with Crippen LogP contribution in [0.5, 0.6) is 11.5 Å². The minimum Gasteiger partial charge on any atom is -0.490 e. The van der Waals surface area contributed by atoms with Gasteiger partial charge in [-0.1, -0.05) is 53.7 Å². The van der Waals surface area contributed by atoms with Crippen LogP contribution in [0.4, 0.5) is 0 Å². The third kappa shape index (κ3) is 6.52. The van der Waals surface area contributed by atoms with Crippen molar-refractivity contribution in [2.75, 3.05) is 13.2 Å². The van der Waals surface area contributed by atoms with E-state index < -0.39 is 5.25 Å². The Balaban J connectivity index is 1.63. The van der Waals surface area contributed by atoms with Gasteiger partial charge in [-0.2, -0.15) is 0 Å². The van der Waals surface area contributed by atoms with E-state index in [2.05, 4.69) is 36.2 Å². The predicted octanol–water partition coefficient (Wildman–Crippen LogP) is 6.59. The van der Waals surface area contributed by atoms with E-state index in [4.69, 9.17) is 9.47 Å². The van der Waals surface area contributed by atoms with Crippen LogP contribution in [0.25, 0.3) is 5.69 Å². The number of rotatable bonds is 11. The standard InChI is InChI=1S/C29H32N4O4S/c1-6-36-27-16-24(12-14-26(27)37-18-23-10-7-19(2)8-11-23)28(17-32(34)35)38-29-31-30-22(5)33(29)25-13-9-20(3)21(4)15-25/h7-16,28H,6,17-18H2,1-5H3/t28-/m1/s1. The van der Waals surface area contributed by atoms with Crippen LogP contribution in [0.2, 0.25) is 0 Å². The van der Waals surface area contributed by atoms with Crippen LogP contribution in [-0.4, -0.2) is 32.8 Å². The molecule has 1 aromatic heterocycles. The summed E-state index contributed by atoms with van der Waals surface area (Å²) in [7, 11) is 0. The van der Waals surface area contributed by atoms with Crippen LogP contribution in [0.15, 0.2) is 65.8 Å². The summed E-state index contributed by atoms with van der Waals surface area (Å²) < 4.78 is 13.9. The Kier molecular flexibility index (Phi) is 8.68. The summed E-state index contributed by atoms with van der Waals surface area (Å²) in [6.07, 6.45) is 0. The maximum Gasteiger partial charge on any atom is 0.220 e. The largest absolute Gasteiger partial charge is 0.490 e. The number of hydrogen-bond donors (Lipinski definition) is 0. The number of benzene rings is 3. The summed E-state index contributed by atoms with van der Waals surface area (Å²) in [5.74, 6) is 1.86. The second kappa shape index (κ2) is 12.1. The fourth-order valence-corrected chi connectivity index (χ4v) is 5.18. The van der Waals surface area contributed by atoms with Crippen LogP contribution in [0, 0.1) is 37.8 Å². The fraction of sp³-hybridized carbons (Fsp3) is 0.310. The van der Waals surface area contributed by atoms with Gasteiger partial charge in [0.05, 0.1) is 6.61 Å². The predicted molar refractivity (Wildman–Crippen MR) is 149 cm³/mol. The van der Waals surface area contributed by atoms with Gasteiger partial charge in [0, 0.05) is 10.6 Å². The lowest BCUT2D eigenvalue weighted by Gasteiger charge is -2.18. The summed E-state index contributed by atoms with van der Waals surface area (Å²) in [6.45, 7) is 10.5. The van der Waals surface area contributed by atoms with Gasteiger partial charge in [-0.05, 0) is 81.1 Å². The first-order chi connectivity index (χ1) is 18.2. The lowest BCUT2D eigenvalue weighted by Crippen LogP contribution is -2.12. The van der Waals surface area contributed by atoms with Crippen molar-refractivity contribution in [3.63, 3.8) is 0 Å². The molecule has 4 rings (SSSR count). The summed E-state index contributed by atoms with van der Waals surface area (Å²) in [5, 5.41) is 20.4. The highest BCUT2D eigenvalue weighted by molar-refractivity contribution is 7.99. The SMILES string of the molecule is CCOc1cc([C@@H](C[N+](=O)[O-])Sc2nnc(C)n2-c2ccc(C)c(C)c2)ccc1OCc1ccc(C)cc1. The molecule has 1 heterocycles. The molecule has 0 N–H and O–H groups in total. The van der Waals surface area contributed by atoms with Crippen molar-refractivity contribution in [3.05, 3.63) is 104 Å². The number of thioether (sulfide) groups is 1.